The molecular weight excluding hydrogens is 416 g/mol. The largest absolute Gasteiger partial charge is 0.496 e. The zero-order chi connectivity index (χ0) is 24.1. The van der Waals surface area contributed by atoms with Crippen molar-refractivity contribution in [2.75, 3.05) is 14.2 Å². The molecule has 172 valence electrons. The maximum atomic E-state index is 5.70. The molecule has 0 N–H and O–H groups in total. The minimum atomic E-state index is -0.226. The average molecular weight is 449 g/mol. The predicted molar refractivity (Wildman–Crippen MR) is 142 cm³/mol. The quantitative estimate of drug-likeness (QED) is 0.275. The zero-order valence-corrected chi connectivity index (χ0v) is 20.5. The van der Waals surface area contributed by atoms with Crippen LogP contribution in [-0.2, 0) is 11.8 Å². The van der Waals surface area contributed by atoms with E-state index in [4.69, 9.17) is 9.47 Å². The van der Waals surface area contributed by atoms with Crippen molar-refractivity contribution in [3.05, 3.63) is 137 Å². The van der Waals surface area contributed by atoms with Gasteiger partial charge >= 0.3 is 0 Å². The Balaban J connectivity index is 1.74. The van der Waals surface area contributed by atoms with Gasteiger partial charge in [0.05, 0.1) is 14.2 Å². The molecule has 0 spiro atoms. The Morgan fingerprint density at radius 2 is 1.26 bits per heavy atom. The minimum absolute atomic E-state index is 0.226. The number of hydrogen-bond acceptors (Lipinski definition) is 2. The predicted octanol–water partition coefficient (Wildman–Crippen LogP) is 7.68. The fourth-order valence-corrected chi connectivity index (χ4v) is 4.42. The van der Waals surface area contributed by atoms with Crippen molar-refractivity contribution in [2.45, 2.75) is 25.7 Å². The first kappa shape index (κ1) is 23.4. The van der Waals surface area contributed by atoms with E-state index >= 15 is 0 Å². The van der Waals surface area contributed by atoms with Crippen LogP contribution in [0.3, 0.4) is 0 Å². The normalized spacial score (nSPS) is 11.2. The lowest BCUT2D eigenvalue weighted by molar-refractivity contribution is 0.410. The van der Waals surface area contributed by atoms with Crippen LogP contribution in [0.4, 0.5) is 0 Å². The van der Waals surface area contributed by atoms with Crippen LogP contribution >= 0.6 is 0 Å². The molecule has 0 atom stereocenters. The molecule has 0 aliphatic carbocycles. The van der Waals surface area contributed by atoms with E-state index in [1.165, 1.54) is 22.3 Å². The van der Waals surface area contributed by atoms with Gasteiger partial charge in [-0.05, 0) is 51.6 Å². The molecule has 0 heterocycles. The lowest BCUT2D eigenvalue weighted by Crippen LogP contribution is -2.19. The molecule has 0 aromatic heterocycles. The van der Waals surface area contributed by atoms with E-state index in [0.29, 0.717) is 0 Å². The third-order valence-corrected chi connectivity index (χ3v) is 6.61. The molecule has 4 aromatic rings. The second-order valence-corrected chi connectivity index (χ2v) is 9.07. The Hall–Kier alpha value is -3.78. The highest BCUT2D eigenvalue weighted by Crippen LogP contribution is 2.39. The highest BCUT2D eigenvalue weighted by Gasteiger charge is 2.26. The van der Waals surface area contributed by atoms with Crippen molar-refractivity contribution >= 4 is 5.57 Å². The van der Waals surface area contributed by atoms with Gasteiger partial charge in [0.2, 0.25) is 0 Å². The van der Waals surface area contributed by atoms with Crippen LogP contribution in [-0.4, -0.2) is 14.2 Å². The highest BCUT2D eigenvalue weighted by molar-refractivity contribution is 5.81. The molecule has 4 rings (SSSR count). The van der Waals surface area contributed by atoms with Crippen LogP contribution in [0, 0.1) is 0 Å². The van der Waals surface area contributed by atoms with Crippen molar-refractivity contribution in [1.29, 1.82) is 0 Å². The average Bonchev–Trinajstić information content (AvgIpc) is 2.89. The fourth-order valence-electron chi connectivity index (χ4n) is 4.42. The molecule has 0 unspecified atom stereocenters. The van der Waals surface area contributed by atoms with E-state index in [9.17, 15) is 0 Å². The van der Waals surface area contributed by atoms with Crippen molar-refractivity contribution in [1.82, 2.24) is 0 Å². The van der Waals surface area contributed by atoms with Gasteiger partial charge in [-0.2, -0.15) is 0 Å². The van der Waals surface area contributed by atoms with E-state index in [1.54, 1.807) is 14.2 Å². The first-order chi connectivity index (χ1) is 16.4. The van der Waals surface area contributed by atoms with Gasteiger partial charge in [0, 0.05) is 17.4 Å². The highest BCUT2D eigenvalue weighted by atomic mass is 16.5. The van der Waals surface area contributed by atoms with Gasteiger partial charge in [-0.25, -0.2) is 0 Å². The smallest absolute Gasteiger partial charge is 0.126 e. The molecule has 0 radical (unpaired) electrons. The van der Waals surface area contributed by atoms with Crippen molar-refractivity contribution in [2.24, 2.45) is 0 Å². The van der Waals surface area contributed by atoms with Gasteiger partial charge in [0.25, 0.3) is 0 Å². The monoisotopic (exact) mass is 448 g/mol. The summed E-state index contributed by atoms with van der Waals surface area (Å²) in [6.07, 6.45) is 0.826. The third kappa shape index (κ3) is 4.77. The van der Waals surface area contributed by atoms with E-state index in [0.717, 1.165) is 34.6 Å². The van der Waals surface area contributed by atoms with Crippen molar-refractivity contribution in [3.8, 4) is 11.5 Å². The van der Waals surface area contributed by atoms with E-state index in [-0.39, 0.29) is 5.41 Å². The van der Waals surface area contributed by atoms with Crippen molar-refractivity contribution < 1.29 is 9.47 Å². The summed E-state index contributed by atoms with van der Waals surface area (Å²) in [7, 11) is 3.45. The summed E-state index contributed by atoms with van der Waals surface area (Å²) < 4.78 is 11.4. The van der Waals surface area contributed by atoms with E-state index in [1.807, 2.05) is 24.3 Å². The summed E-state index contributed by atoms with van der Waals surface area (Å²) in [5, 5.41) is 0. The van der Waals surface area contributed by atoms with Gasteiger partial charge in [-0.1, -0.05) is 99.3 Å². The number of rotatable bonds is 8. The maximum Gasteiger partial charge on any atom is 0.126 e. The Bertz CT molecular complexity index is 1270. The van der Waals surface area contributed by atoms with Crippen molar-refractivity contribution in [3.63, 3.8) is 0 Å². The molecule has 0 aliphatic rings. The summed E-state index contributed by atoms with van der Waals surface area (Å²) in [6.45, 7) is 8.91. The summed E-state index contributed by atoms with van der Waals surface area (Å²) in [5.41, 5.74) is 7.72. The number of hydrogen-bond donors (Lipinski definition) is 0. The molecule has 34 heavy (non-hydrogen) atoms. The summed E-state index contributed by atoms with van der Waals surface area (Å²) in [4.78, 5) is 0. The Morgan fingerprint density at radius 3 is 1.88 bits per heavy atom. The van der Waals surface area contributed by atoms with Gasteiger partial charge < -0.3 is 9.47 Å². The van der Waals surface area contributed by atoms with Crippen LogP contribution in [0.5, 0.6) is 11.5 Å². The third-order valence-electron chi connectivity index (χ3n) is 6.61. The maximum absolute atomic E-state index is 5.70. The molecule has 0 amide bonds. The molecule has 0 saturated heterocycles. The first-order valence-electron chi connectivity index (χ1n) is 11.6. The second-order valence-electron chi connectivity index (χ2n) is 9.07. The zero-order valence-electron chi connectivity index (χ0n) is 20.5. The molecule has 0 fully saturated rings. The lowest BCUT2D eigenvalue weighted by Gasteiger charge is -2.28. The Labute approximate surface area is 203 Å². The molecule has 0 aliphatic heterocycles. The van der Waals surface area contributed by atoms with Crippen LogP contribution in [0.25, 0.3) is 5.57 Å². The number of methoxy groups -OCH3 is 2. The molecular formula is C32H32O2. The topological polar surface area (TPSA) is 18.5 Å². The van der Waals surface area contributed by atoms with Crippen LogP contribution in [0.1, 0.15) is 47.2 Å². The molecule has 2 nitrogen and oxygen atoms in total. The fraction of sp³-hybridized carbons (Fsp3) is 0.188. The summed E-state index contributed by atoms with van der Waals surface area (Å²) in [5.74, 6) is 1.74. The molecule has 2 heteroatoms. The van der Waals surface area contributed by atoms with Gasteiger partial charge in [0.1, 0.15) is 11.5 Å². The van der Waals surface area contributed by atoms with Crippen LogP contribution in [0.15, 0.2) is 104 Å². The first-order valence-corrected chi connectivity index (χ1v) is 11.6. The molecule has 0 bridgehead atoms. The van der Waals surface area contributed by atoms with E-state index < -0.39 is 0 Å². The van der Waals surface area contributed by atoms with Gasteiger partial charge in [-0.15, -0.1) is 0 Å². The number of benzene rings is 4. The lowest BCUT2D eigenvalue weighted by atomic mass is 9.76. The Kier molecular flexibility index (Phi) is 6.88. The summed E-state index contributed by atoms with van der Waals surface area (Å²) in [6, 6.07) is 33.7. The molecule has 0 saturated carbocycles. The van der Waals surface area contributed by atoms with Crippen LogP contribution in [0.2, 0.25) is 0 Å². The van der Waals surface area contributed by atoms with Gasteiger partial charge in [0.15, 0.2) is 0 Å². The standard InChI is InChI=1S/C32H32O2/c1-23(25-14-10-7-11-15-25)29-22-28(17-19-31(29)34-5)32(2,3)27-16-18-30(33-4)26(21-27)20-24-12-8-6-9-13-24/h6-19,21-22H,1,20H2,2-5H3. The summed E-state index contributed by atoms with van der Waals surface area (Å²) >= 11 is 0. The van der Waals surface area contributed by atoms with E-state index in [2.05, 4.69) is 93.2 Å². The SMILES string of the molecule is C=C(c1ccccc1)c1cc(C(C)(C)c2ccc(OC)c(Cc3ccccc3)c2)ccc1OC. The van der Waals surface area contributed by atoms with Crippen LogP contribution < -0.4 is 9.47 Å². The number of ether oxygens (including phenoxy) is 2. The second kappa shape index (κ2) is 10.0. The Morgan fingerprint density at radius 1 is 0.706 bits per heavy atom. The van der Waals surface area contributed by atoms with Gasteiger partial charge in [-0.3, -0.25) is 0 Å². The molecule has 4 aromatic carbocycles. The minimum Gasteiger partial charge on any atom is -0.496 e.